The van der Waals surface area contributed by atoms with Gasteiger partial charge in [0, 0.05) is 62.6 Å². The summed E-state index contributed by atoms with van der Waals surface area (Å²) < 4.78 is 87.3. The molecular weight excluding hydrogens is 819 g/mol. The van der Waals surface area contributed by atoms with E-state index in [2.05, 4.69) is 96.5 Å². The van der Waals surface area contributed by atoms with Crippen LogP contribution in [0.1, 0.15) is 44.5 Å². The molecule has 4 heterocycles. The van der Waals surface area contributed by atoms with E-state index in [0.29, 0.717) is 11.1 Å². The zero-order chi connectivity index (χ0) is 39.8. The Morgan fingerprint density at radius 2 is 0.638 bits per heavy atom. The minimum Gasteiger partial charge on any atom is -0.166 e. The maximum absolute atomic E-state index is 13.0. The third kappa shape index (κ3) is 6.82. The maximum Gasteiger partial charge on any atom is 0.416 e. The van der Waals surface area contributed by atoms with Crippen LogP contribution in [0.2, 0.25) is 0 Å². The van der Waals surface area contributed by atoms with Crippen molar-refractivity contribution in [2.45, 2.75) is 12.4 Å². The van der Waals surface area contributed by atoms with Gasteiger partial charge in [0.05, 0.1) is 29.9 Å². The minimum atomic E-state index is -4.38. The van der Waals surface area contributed by atoms with Gasteiger partial charge in [-0.25, -0.2) is 0 Å². The Kier molecular flexibility index (Phi) is 8.74. The number of thiophene rings is 4. The van der Waals surface area contributed by atoms with Crippen LogP contribution in [-0.4, -0.2) is 0 Å². The smallest absolute Gasteiger partial charge is 0.166 e. The van der Waals surface area contributed by atoms with Crippen molar-refractivity contribution in [2.24, 2.45) is 0 Å². The summed E-state index contributed by atoms with van der Waals surface area (Å²) in [5.41, 5.74) is 3.46. The van der Waals surface area contributed by atoms with Gasteiger partial charge in [0.1, 0.15) is 0 Å². The van der Waals surface area contributed by atoms with E-state index < -0.39 is 23.5 Å². The first-order valence-electron chi connectivity index (χ1n) is 17.8. The molecule has 4 aromatic heterocycles. The predicted molar refractivity (Wildman–Crippen MR) is 233 cm³/mol. The van der Waals surface area contributed by atoms with E-state index in [4.69, 9.17) is 0 Å². The van der Waals surface area contributed by atoms with Crippen molar-refractivity contribution in [1.29, 1.82) is 0 Å². The Balaban J connectivity index is 0.911. The standard InChI is InChI=1S/C48H22F6S4/c49-47(50,51)33-15-7-27(8-16-33)1-3-29-11-19-39-35(23-29)43-45(55-39)37-25-31(13-21-41(37)57-43)5-6-32-14-22-42-38(26-32)46-44(58-42)36-24-30(12-20-40(36)56-46)4-2-28-9-17-34(18-10-28)48(52,53)54/h5-26H. The molecule has 0 aliphatic carbocycles. The maximum atomic E-state index is 13.0. The summed E-state index contributed by atoms with van der Waals surface area (Å²) >= 11 is 7.00. The summed E-state index contributed by atoms with van der Waals surface area (Å²) in [7, 11) is 0. The van der Waals surface area contributed by atoms with Crippen LogP contribution in [0, 0.1) is 23.7 Å². The highest BCUT2D eigenvalue weighted by molar-refractivity contribution is 7.37. The lowest BCUT2D eigenvalue weighted by molar-refractivity contribution is -0.138. The molecule has 0 radical (unpaired) electrons. The molecule has 0 bridgehead atoms. The van der Waals surface area contributed by atoms with Gasteiger partial charge in [0.25, 0.3) is 0 Å². The molecule has 0 aliphatic rings. The quantitative estimate of drug-likeness (QED) is 0.0924. The third-order valence-corrected chi connectivity index (χ3v) is 14.9. The number of benzene rings is 6. The van der Waals surface area contributed by atoms with Crippen LogP contribution in [0.15, 0.2) is 121 Å². The topological polar surface area (TPSA) is 0 Å². The molecule has 10 aromatic rings. The lowest BCUT2D eigenvalue weighted by Crippen LogP contribution is -2.04. The molecule has 0 atom stereocenters. The van der Waals surface area contributed by atoms with Crippen LogP contribution in [0.4, 0.5) is 26.3 Å². The zero-order valence-electron chi connectivity index (χ0n) is 29.6. The van der Waals surface area contributed by atoms with Crippen LogP contribution in [-0.2, 0) is 12.4 Å². The Morgan fingerprint density at radius 3 is 0.983 bits per heavy atom. The SMILES string of the molecule is FC(F)(F)c1ccc(C#Cc2ccc3sc4c5cc(C=Cc6ccc7sc8c9cc(C#Cc%10ccc(C(F)(F)F)cc%10)ccc9sc8c7c6)ccc5sc4c3c2)cc1. The lowest BCUT2D eigenvalue weighted by Gasteiger charge is -2.05. The van der Waals surface area contributed by atoms with Gasteiger partial charge in [0.2, 0.25) is 0 Å². The van der Waals surface area contributed by atoms with Gasteiger partial charge in [-0.2, -0.15) is 26.3 Å². The van der Waals surface area contributed by atoms with Gasteiger partial charge in [-0.3, -0.25) is 0 Å². The predicted octanol–water partition coefficient (Wildman–Crippen LogP) is 15.9. The van der Waals surface area contributed by atoms with Crippen LogP contribution in [0.3, 0.4) is 0 Å². The highest BCUT2D eigenvalue weighted by atomic mass is 32.1. The van der Waals surface area contributed by atoms with Crippen molar-refractivity contribution in [1.82, 2.24) is 0 Å². The summed E-state index contributed by atoms with van der Waals surface area (Å²) in [5, 5.41) is 4.64. The van der Waals surface area contributed by atoms with E-state index in [9.17, 15) is 26.3 Å². The highest BCUT2D eigenvalue weighted by Gasteiger charge is 2.30. The Bertz CT molecular complexity index is 3190. The summed E-state index contributed by atoms with van der Waals surface area (Å²) in [5.74, 6) is 12.2. The van der Waals surface area contributed by atoms with Gasteiger partial charge in [-0.05, 0) is 120 Å². The first-order chi connectivity index (χ1) is 27.9. The molecule has 0 saturated heterocycles. The summed E-state index contributed by atoms with van der Waals surface area (Å²) in [6.45, 7) is 0. The number of hydrogen-bond donors (Lipinski definition) is 0. The Morgan fingerprint density at radius 1 is 0.345 bits per heavy atom. The molecule has 58 heavy (non-hydrogen) atoms. The molecule has 10 rings (SSSR count). The van der Waals surface area contributed by atoms with Gasteiger partial charge in [-0.1, -0.05) is 48.0 Å². The van der Waals surface area contributed by atoms with Gasteiger partial charge in [-0.15, -0.1) is 45.3 Å². The number of alkyl halides is 6. The van der Waals surface area contributed by atoms with Gasteiger partial charge < -0.3 is 0 Å². The van der Waals surface area contributed by atoms with E-state index in [1.54, 1.807) is 45.3 Å². The molecule has 280 valence electrons. The second-order valence-corrected chi connectivity index (χ2v) is 17.9. The normalized spacial score (nSPS) is 12.3. The molecular formula is C48H22F6S4. The second-order valence-electron chi connectivity index (χ2n) is 13.6. The van der Waals surface area contributed by atoms with Crippen molar-refractivity contribution in [3.63, 3.8) is 0 Å². The summed E-state index contributed by atoms with van der Waals surface area (Å²) in [6.07, 6.45) is -4.47. The van der Waals surface area contributed by atoms with Gasteiger partial charge >= 0.3 is 12.4 Å². The fraction of sp³-hybridized carbons (Fsp3) is 0.0417. The molecule has 0 fully saturated rings. The molecule has 0 saturated carbocycles. The average molecular weight is 841 g/mol. The number of rotatable bonds is 2. The minimum absolute atomic E-state index is 0.524. The fourth-order valence-corrected chi connectivity index (χ4v) is 12.1. The Hall–Kier alpha value is -5.88. The molecule has 10 heteroatoms. The summed E-state index contributed by atoms with van der Waals surface area (Å²) in [4.78, 5) is 0. The van der Waals surface area contributed by atoms with Crippen LogP contribution >= 0.6 is 45.3 Å². The van der Waals surface area contributed by atoms with E-state index in [1.807, 2.05) is 12.1 Å². The average Bonchev–Trinajstić information content (AvgIpc) is 3.96. The highest BCUT2D eigenvalue weighted by Crippen LogP contribution is 2.46. The molecule has 0 amide bonds. The van der Waals surface area contributed by atoms with Crippen molar-refractivity contribution >= 4 is 117 Å². The van der Waals surface area contributed by atoms with Crippen LogP contribution in [0.25, 0.3) is 71.3 Å². The fourth-order valence-electron chi connectivity index (χ4n) is 6.88. The van der Waals surface area contributed by atoms with Crippen molar-refractivity contribution in [2.75, 3.05) is 0 Å². The molecule has 0 N–H and O–H groups in total. The molecule has 6 aromatic carbocycles. The zero-order valence-corrected chi connectivity index (χ0v) is 32.9. The summed E-state index contributed by atoms with van der Waals surface area (Å²) in [6, 6.07) is 35.0. The van der Waals surface area contributed by atoms with E-state index in [1.165, 1.54) is 63.2 Å². The van der Waals surface area contributed by atoms with Gasteiger partial charge in [0.15, 0.2) is 0 Å². The number of hydrogen-bond acceptors (Lipinski definition) is 4. The van der Waals surface area contributed by atoms with Crippen LogP contribution < -0.4 is 0 Å². The monoisotopic (exact) mass is 840 g/mol. The van der Waals surface area contributed by atoms with E-state index >= 15 is 0 Å². The van der Waals surface area contributed by atoms with E-state index in [-0.39, 0.29) is 0 Å². The first kappa shape index (κ1) is 36.5. The molecule has 0 unspecified atom stereocenters. The third-order valence-electron chi connectivity index (χ3n) is 9.80. The second kappa shape index (κ2) is 13.9. The molecule has 0 aliphatic heterocycles. The largest absolute Gasteiger partial charge is 0.416 e. The van der Waals surface area contributed by atoms with Crippen LogP contribution in [0.5, 0.6) is 0 Å². The van der Waals surface area contributed by atoms with Crippen molar-refractivity contribution < 1.29 is 26.3 Å². The van der Waals surface area contributed by atoms with Crippen molar-refractivity contribution in [3.05, 3.63) is 166 Å². The number of fused-ring (bicyclic) bond motifs is 10. The van der Waals surface area contributed by atoms with E-state index in [0.717, 1.165) is 66.7 Å². The molecule has 0 spiro atoms. The lowest BCUT2D eigenvalue weighted by atomic mass is 10.1. The first-order valence-corrected chi connectivity index (χ1v) is 21.0. The Labute approximate surface area is 342 Å². The van der Waals surface area contributed by atoms with Crippen molar-refractivity contribution in [3.8, 4) is 23.7 Å². The number of halogens is 6. The molecule has 0 nitrogen and oxygen atoms in total.